The summed E-state index contributed by atoms with van der Waals surface area (Å²) in [5.74, 6) is 0.585. The summed E-state index contributed by atoms with van der Waals surface area (Å²) in [6, 6.07) is 3.80. The molecular weight excluding hydrogens is 272 g/mol. The molecule has 0 radical (unpaired) electrons. The minimum atomic E-state index is -0.498. The molecule has 0 atom stereocenters. The van der Waals surface area contributed by atoms with Gasteiger partial charge >= 0.3 is 5.69 Å². The summed E-state index contributed by atoms with van der Waals surface area (Å²) in [5, 5.41) is 16.9. The number of rotatable bonds is 7. The van der Waals surface area contributed by atoms with Crippen LogP contribution >= 0.6 is 0 Å². The lowest BCUT2D eigenvalue weighted by Crippen LogP contribution is -2.11. The van der Waals surface area contributed by atoms with Crippen molar-refractivity contribution < 1.29 is 4.92 Å². The lowest BCUT2D eigenvalue weighted by atomic mass is 10.2. The van der Waals surface area contributed by atoms with Gasteiger partial charge in [-0.3, -0.25) is 15.1 Å². The van der Waals surface area contributed by atoms with E-state index in [4.69, 9.17) is 0 Å². The van der Waals surface area contributed by atoms with Crippen molar-refractivity contribution in [3.05, 3.63) is 46.4 Å². The van der Waals surface area contributed by atoms with Gasteiger partial charge in [-0.2, -0.15) is 4.98 Å². The van der Waals surface area contributed by atoms with Gasteiger partial charge in [-0.1, -0.05) is 6.07 Å². The lowest BCUT2D eigenvalue weighted by molar-refractivity contribution is -0.384. The zero-order chi connectivity index (χ0) is 15.1. The molecule has 2 N–H and O–H groups in total. The molecule has 0 saturated carbocycles. The summed E-state index contributed by atoms with van der Waals surface area (Å²) in [5.41, 5.74) is 0.913. The van der Waals surface area contributed by atoms with Crippen molar-refractivity contribution in [2.24, 2.45) is 0 Å². The SMILES string of the molecule is CCNc1ncc([N+](=O)[O-])c(NCCc2cccnc2)n1. The highest BCUT2D eigenvalue weighted by Crippen LogP contribution is 2.21. The number of anilines is 2. The van der Waals surface area contributed by atoms with Crippen molar-refractivity contribution in [3.63, 3.8) is 0 Å². The molecule has 2 heterocycles. The normalized spacial score (nSPS) is 10.1. The Morgan fingerprint density at radius 1 is 1.33 bits per heavy atom. The average molecular weight is 288 g/mol. The van der Waals surface area contributed by atoms with Crippen LogP contribution in [0.25, 0.3) is 0 Å². The van der Waals surface area contributed by atoms with Crippen molar-refractivity contribution >= 4 is 17.5 Å². The fraction of sp³-hybridized carbons (Fsp3) is 0.308. The van der Waals surface area contributed by atoms with Crippen molar-refractivity contribution in [1.82, 2.24) is 15.0 Å². The summed E-state index contributed by atoms with van der Waals surface area (Å²) in [7, 11) is 0. The first-order valence-corrected chi connectivity index (χ1v) is 6.58. The predicted molar refractivity (Wildman–Crippen MR) is 79.3 cm³/mol. The van der Waals surface area contributed by atoms with Crippen LogP contribution < -0.4 is 10.6 Å². The van der Waals surface area contributed by atoms with Gasteiger partial charge < -0.3 is 10.6 Å². The maximum atomic E-state index is 11.0. The van der Waals surface area contributed by atoms with E-state index in [0.29, 0.717) is 25.5 Å². The van der Waals surface area contributed by atoms with Crippen LogP contribution in [0.15, 0.2) is 30.7 Å². The van der Waals surface area contributed by atoms with Crippen LogP contribution in [0.1, 0.15) is 12.5 Å². The Hall–Kier alpha value is -2.77. The van der Waals surface area contributed by atoms with Gasteiger partial charge in [-0.25, -0.2) is 4.98 Å². The number of nitrogens with one attached hydrogen (secondary N) is 2. The Balaban J connectivity index is 2.06. The molecule has 0 aliphatic carbocycles. The first kappa shape index (κ1) is 14.6. The molecule has 0 fully saturated rings. The molecule has 2 aromatic heterocycles. The Morgan fingerprint density at radius 3 is 2.86 bits per heavy atom. The fourth-order valence-electron chi connectivity index (χ4n) is 1.75. The van der Waals surface area contributed by atoms with Crippen molar-refractivity contribution in [3.8, 4) is 0 Å². The van der Waals surface area contributed by atoms with E-state index in [2.05, 4.69) is 25.6 Å². The number of nitro groups is 1. The van der Waals surface area contributed by atoms with E-state index < -0.39 is 4.92 Å². The molecule has 0 spiro atoms. The van der Waals surface area contributed by atoms with Crippen LogP contribution in [-0.4, -0.2) is 33.0 Å². The Bertz CT molecular complexity index is 605. The van der Waals surface area contributed by atoms with Gasteiger partial charge in [0.1, 0.15) is 6.20 Å². The quantitative estimate of drug-likeness (QED) is 0.591. The van der Waals surface area contributed by atoms with Gasteiger partial charge in [0.2, 0.25) is 11.8 Å². The highest BCUT2D eigenvalue weighted by molar-refractivity contribution is 5.56. The minimum absolute atomic E-state index is 0.136. The molecule has 0 saturated heterocycles. The molecule has 8 nitrogen and oxygen atoms in total. The molecule has 0 bridgehead atoms. The van der Waals surface area contributed by atoms with E-state index in [1.807, 2.05) is 19.1 Å². The van der Waals surface area contributed by atoms with E-state index in [-0.39, 0.29) is 11.5 Å². The summed E-state index contributed by atoms with van der Waals surface area (Å²) in [6.07, 6.45) is 5.37. The summed E-state index contributed by atoms with van der Waals surface area (Å²) in [4.78, 5) is 22.5. The standard InChI is InChI=1S/C13H16N6O2/c1-2-15-13-17-9-11(19(20)21)12(18-13)16-7-5-10-4-3-6-14-8-10/h3-4,6,8-9H,2,5,7H2,1H3,(H2,15,16,17,18). The van der Waals surface area contributed by atoms with Gasteiger partial charge in [0.15, 0.2) is 0 Å². The van der Waals surface area contributed by atoms with Crippen molar-refractivity contribution in [2.45, 2.75) is 13.3 Å². The Labute approximate surface area is 121 Å². The molecule has 2 rings (SSSR count). The number of nitrogens with zero attached hydrogens (tertiary/aromatic N) is 4. The first-order valence-electron chi connectivity index (χ1n) is 6.58. The van der Waals surface area contributed by atoms with Crippen LogP contribution in [0.4, 0.5) is 17.5 Å². The maximum absolute atomic E-state index is 11.0. The predicted octanol–water partition coefficient (Wildman–Crippen LogP) is 1.87. The number of hydrogen-bond donors (Lipinski definition) is 2. The highest BCUT2D eigenvalue weighted by atomic mass is 16.6. The molecule has 8 heteroatoms. The molecule has 0 aliphatic heterocycles. The van der Waals surface area contributed by atoms with Crippen LogP contribution in [0.2, 0.25) is 0 Å². The largest absolute Gasteiger partial charge is 0.364 e. The summed E-state index contributed by atoms with van der Waals surface area (Å²) >= 11 is 0. The second-order valence-electron chi connectivity index (χ2n) is 4.25. The van der Waals surface area contributed by atoms with Crippen LogP contribution in [0.5, 0.6) is 0 Å². The number of pyridine rings is 1. The lowest BCUT2D eigenvalue weighted by Gasteiger charge is -2.08. The highest BCUT2D eigenvalue weighted by Gasteiger charge is 2.16. The third-order valence-corrected chi connectivity index (χ3v) is 2.73. The third-order valence-electron chi connectivity index (χ3n) is 2.73. The van der Waals surface area contributed by atoms with E-state index >= 15 is 0 Å². The zero-order valence-electron chi connectivity index (χ0n) is 11.6. The number of aromatic nitrogens is 3. The average Bonchev–Trinajstić information content (AvgIpc) is 2.49. The van der Waals surface area contributed by atoms with Crippen LogP contribution in [-0.2, 0) is 6.42 Å². The van der Waals surface area contributed by atoms with Gasteiger partial charge in [0, 0.05) is 25.5 Å². The van der Waals surface area contributed by atoms with E-state index in [1.54, 1.807) is 12.4 Å². The van der Waals surface area contributed by atoms with Crippen molar-refractivity contribution in [2.75, 3.05) is 23.7 Å². The smallest absolute Gasteiger partial charge is 0.329 e. The fourth-order valence-corrected chi connectivity index (χ4v) is 1.75. The van der Waals surface area contributed by atoms with Gasteiger partial charge in [-0.05, 0) is 25.0 Å². The van der Waals surface area contributed by atoms with Gasteiger partial charge in [0.05, 0.1) is 4.92 Å². The molecule has 2 aromatic rings. The summed E-state index contributed by atoms with van der Waals surface area (Å²) in [6.45, 7) is 3.07. The topological polar surface area (TPSA) is 106 Å². The maximum Gasteiger partial charge on any atom is 0.329 e. The third kappa shape index (κ3) is 4.10. The van der Waals surface area contributed by atoms with Crippen molar-refractivity contribution in [1.29, 1.82) is 0 Å². The van der Waals surface area contributed by atoms with E-state index in [1.165, 1.54) is 6.20 Å². The van der Waals surface area contributed by atoms with E-state index in [9.17, 15) is 10.1 Å². The monoisotopic (exact) mass is 288 g/mol. The molecule has 0 unspecified atom stereocenters. The van der Waals surface area contributed by atoms with Crippen LogP contribution in [0, 0.1) is 10.1 Å². The summed E-state index contributed by atoms with van der Waals surface area (Å²) < 4.78 is 0. The molecule has 0 aromatic carbocycles. The Kier molecular flexibility index (Phi) is 4.97. The molecule has 21 heavy (non-hydrogen) atoms. The molecule has 110 valence electrons. The number of hydrogen-bond acceptors (Lipinski definition) is 7. The zero-order valence-corrected chi connectivity index (χ0v) is 11.6. The molecule has 0 amide bonds. The van der Waals surface area contributed by atoms with E-state index in [0.717, 1.165) is 5.56 Å². The second kappa shape index (κ2) is 7.13. The van der Waals surface area contributed by atoms with Gasteiger partial charge in [-0.15, -0.1) is 0 Å². The first-order chi connectivity index (χ1) is 10.2. The second-order valence-corrected chi connectivity index (χ2v) is 4.25. The Morgan fingerprint density at radius 2 is 2.19 bits per heavy atom. The van der Waals surface area contributed by atoms with Gasteiger partial charge in [0.25, 0.3) is 0 Å². The minimum Gasteiger partial charge on any atom is -0.364 e. The molecular formula is C13H16N6O2. The molecule has 0 aliphatic rings. The van der Waals surface area contributed by atoms with Crippen LogP contribution in [0.3, 0.4) is 0 Å².